The molecule has 0 amide bonds. The van der Waals surface area contributed by atoms with Gasteiger partial charge in [0.05, 0.1) is 11.6 Å². The molecular formula is C29H31N7O. The second kappa shape index (κ2) is 11.3. The first kappa shape index (κ1) is 24.5. The molecular weight excluding hydrogens is 462 g/mol. The lowest BCUT2D eigenvalue weighted by molar-refractivity contribution is 0.160. The third-order valence-corrected chi connectivity index (χ3v) is 6.79. The Hall–Kier alpha value is -4.17. The second-order valence-corrected chi connectivity index (χ2v) is 9.35. The summed E-state index contributed by atoms with van der Waals surface area (Å²) in [6.45, 7) is 5.89. The molecule has 0 unspecified atom stereocenters. The van der Waals surface area contributed by atoms with Crippen molar-refractivity contribution in [2.45, 2.75) is 52.4 Å². The van der Waals surface area contributed by atoms with Crippen LogP contribution in [0.25, 0.3) is 10.9 Å². The number of H-pyrrole nitrogens is 1. The number of hydrogen-bond acceptors (Lipinski definition) is 6. The molecule has 5 rings (SSSR count). The lowest BCUT2D eigenvalue weighted by Gasteiger charge is -2.30. The van der Waals surface area contributed by atoms with Crippen molar-refractivity contribution in [3.05, 3.63) is 118 Å². The standard InChI is InChI=1S/C29H31N7O/c1-3-26(28-32-33-34-36(28)16-14-22-10-5-4-6-11-22)35(19-23-12-8-15-30-18-23)20-25-17-24-13-7-9-21(2)27(24)31-29(25)37/h4-13,15,17-18,26H,3,14,16,19-20H2,1-2H3,(H,31,37)/t26-/m0/s1. The Labute approximate surface area is 216 Å². The van der Waals surface area contributed by atoms with Gasteiger partial charge in [-0.15, -0.1) is 5.10 Å². The maximum absolute atomic E-state index is 13.2. The Morgan fingerprint density at radius 1 is 1.00 bits per heavy atom. The zero-order valence-electron chi connectivity index (χ0n) is 21.2. The Kier molecular flexibility index (Phi) is 7.46. The molecule has 0 saturated heterocycles. The molecule has 0 aliphatic heterocycles. The summed E-state index contributed by atoms with van der Waals surface area (Å²) in [4.78, 5) is 22.8. The molecule has 0 saturated carbocycles. The van der Waals surface area contributed by atoms with Crippen LogP contribution >= 0.6 is 0 Å². The number of aromatic amines is 1. The molecule has 0 bridgehead atoms. The molecule has 5 aromatic rings. The number of benzene rings is 2. The lowest BCUT2D eigenvalue weighted by atomic mass is 10.1. The van der Waals surface area contributed by atoms with Crippen molar-refractivity contribution in [1.82, 2.24) is 35.1 Å². The molecule has 0 aliphatic carbocycles. The fourth-order valence-electron chi connectivity index (χ4n) is 4.86. The van der Waals surface area contributed by atoms with Crippen molar-refractivity contribution in [2.24, 2.45) is 0 Å². The number of pyridine rings is 2. The fourth-order valence-corrected chi connectivity index (χ4v) is 4.86. The number of nitrogens with one attached hydrogen (secondary N) is 1. The first-order chi connectivity index (χ1) is 18.1. The molecule has 0 fully saturated rings. The quantitative estimate of drug-likeness (QED) is 0.305. The lowest BCUT2D eigenvalue weighted by Crippen LogP contribution is -2.32. The summed E-state index contributed by atoms with van der Waals surface area (Å²) >= 11 is 0. The third-order valence-electron chi connectivity index (χ3n) is 6.79. The van der Waals surface area contributed by atoms with E-state index in [-0.39, 0.29) is 11.6 Å². The van der Waals surface area contributed by atoms with Crippen LogP contribution in [0.1, 0.15) is 47.5 Å². The first-order valence-corrected chi connectivity index (χ1v) is 12.7. The van der Waals surface area contributed by atoms with Crippen molar-refractivity contribution in [3.8, 4) is 0 Å². The predicted octanol–water partition coefficient (Wildman–Crippen LogP) is 4.61. The minimum absolute atomic E-state index is 0.0727. The zero-order valence-corrected chi connectivity index (χ0v) is 21.2. The second-order valence-electron chi connectivity index (χ2n) is 9.35. The maximum atomic E-state index is 13.2. The Balaban J connectivity index is 1.48. The van der Waals surface area contributed by atoms with E-state index in [1.807, 2.05) is 66.3 Å². The van der Waals surface area contributed by atoms with Crippen LogP contribution in [0.3, 0.4) is 0 Å². The van der Waals surface area contributed by atoms with Gasteiger partial charge >= 0.3 is 0 Å². The minimum Gasteiger partial charge on any atom is -0.321 e. The van der Waals surface area contributed by atoms with Crippen LogP contribution in [0.5, 0.6) is 0 Å². The van der Waals surface area contributed by atoms with Crippen molar-refractivity contribution in [1.29, 1.82) is 0 Å². The highest BCUT2D eigenvalue weighted by Gasteiger charge is 2.26. The number of aromatic nitrogens is 6. The van der Waals surface area contributed by atoms with Gasteiger partial charge in [-0.1, -0.05) is 61.5 Å². The average molecular weight is 494 g/mol. The van der Waals surface area contributed by atoms with Gasteiger partial charge < -0.3 is 4.98 Å². The van der Waals surface area contributed by atoms with Crippen molar-refractivity contribution < 1.29 is 0 Å². The van der Waals surface area contributed by atoms with Crippen LogP contribution in [0.4, 0.5) is 0 Å². The van der Waals surface area contributed by atoms with Crippen LogP contribution < -0.4 is 5.56 Å². The molecule has 1 atom stereocenters. The molecule has 37 heavy (non-hydrogen) atoms. The monoisotopic (exact) mass is 493 g/mol. The van der Waals surface area contributed by atoms with Gasteiger partial charge in [-0.05, 0) is 64.4 Å². The van der Waals surface area contributed by atoms with E-state index < -0.39 is 0 Å². The normalized spacial score (nSPS) is 12.3. The van der Waals surface area contributed by atoms with Gasteiger partial charge in [0.2, 0.25) is 0 Å². The molecule has 8 heteroatoms. The van der Waals surface area contributed by atoms with Gasteiger partial charge in [0.1, 0.15) is 0 Å². The predicted molar refractivity (Wildman–Crippen MR) is 144 cm³/mol. The first-order valence-electron chi connectivity index (χ1n) is 12.7. The van der Waals surface area contributed by atoms with Crippen LogP contribution in [0, 0.1) is 6.92 Å². The largest absolute Gasteiger partial charge is 0.321 e. The number of fused-ring (bicyclic) bond motifs is 1. The van der Waals surface area contributed by atoms with E-state index in [1.54, 1.807) is 6.20 Å². The van der Waals surface area contributed by atoms with Gasteiger partial charge in [-0.25, -0.2) is 4.68 Å². The van der Waals surface area contributed by atoms with Gasteiger partial charge in [0, 0.05) is 37.6 Å². The molecule has 3 aromatic heterocycles. The van der Waals surface area contributed by atoms with E-state index in [9.17, 15) is 4.79 Å². The van der Waals surface area contributed by atoms with E-state index in [4.69, 9.17) is 0 Å². The summed E-state index contributed by atoms with van der Waals surface area (Å²) in [5.74, 6) is 0.801. The van der Waals surface area contributed by atoms with Gasteiger partial charge in [-0.2, -0.15) is 0 Å². The van der Waals surface area contributed by atoms with Crippen molar-refractivity contribution in [3.63, 3.8) is 0 Å². The minimum atomic E-state index is -0.0846. The molecule has 0 aliphatic rings. The van der Waals surface area contributed by atoms with Crippen LogP contribution in [-0.2, 0) is 26.1 Å². The van der Waals surface area contributed by atoms with Crippen molar-refractivity contribution in [2.75, 3.05) is 0 Å². The summed E-state index contributed by atoms with van der Waals surface area (Å²) in [6, 6.07) is 22.3. The van der Waals surface area contributed by atoms with E-state index >= 15 is 0 Å². The number of para-hydroxylation sites is 1. The van der Waals surface area contributed by atoms with Crippen molar-refractivity contribution >= 4 is 10.9 Å². The number of hydrogen-bond donors (Lipinski definition) is 1. The third kappa shape index (κ3) is 5.65. The molecule has 3 heterocycles. The highest BCUT2D eigenvalue weighted by Crippen LogP contribution is 2.27. The topological polar surface area (TPSA) is 92.6 Å². The maximum Gasteiger partial charge on any atom is 0.252 e. The molecule has 2 aromatic carbocycles. The summed E-state index contributed by atoms with van der Waals surface area (Å²) in [5, 5.41) is 13.8. The van der Waals surface area contributed by atoms with E-state index in [0.29, 0.717) is 25.2 Å². The molecule has 0 radical (unpaired) electrons. The SMILES string of the molecule is CC[C@@H](c1nnnn1CCc1ccccc1)N(Cc1cccnc1)Cc1cc2cccc(C)c2[nH]c1=O. The van der Waals surface area contributed by atoms with E-state index in [0.717, 1.165) is 40.7 Å². The van der Waals surface area contributed by atoms with Gasteiger partial charge in [0.25, 0.3) is 5.56 Å². The summed E-state index contributed by atoms with van der Waals surface area (Å²) in [6.07, 6.45) is 5.26. The molecule has 8 nitrogen and oxygen atoms in total. The van der Waals surface area contributed by atoms with Crippen LogP contribution in [-0.4, -0.2) is 35.1 Å². The Morgan fingerprint density at radius 3 is 2.62 bits per heavy atom. The number of aryl methyl sites for hydroxylation is 3. The van der Waals surface area contributed by atoms with Crippen LogP contribution in [0.15, 0.2) is 83.9 Å². The summed E-state index contributed by atoms with van der Waals surface area (Å²) < 4.78 is 1.89. The number of tetrazole rings is 1. The van der Waals surface area contributed by atoms with Gasteiger partial charge in [-0.3, -0.25) is 14.7 Å². The molecule has 1 N–H and O–H groups in total. The van der Waals surface area contributed by atoms with E-state index in [2.05, 4.69) is 55.5 Å². The summed E-state index contributed by atoms with van der Waals surface area (Å²) in [7, 11) is 0. The summed E-state index contributed by atoms with van der Waals surface area (Å²) in [5.41, 5.74) is 4.88. The van der Waals surface area contributed by atoms with Gasteiger partial charge in [0.15, 0.2) is 5.82 Å². The average Bonchev–Trinajstić information content (AvgIpc) is 3.38. The smallest absolute Gasteiger partial charge is 0.252 e. The molecule has 188 valence electrons. The highest BCUT2D eigenvalue weighted by atomic mass is 16.1. The van der Waals surface area contributed by atoms with Crippen LogP contribution in [0.2, 0.25) is 0 Å². The highest BCUT2D eigenvalue weighted by molar-refractivity contribution is 5.81. The number of nitrogens with zero attached hydrogens (tertiary/aromatic N) is 6. The Bertz CT molecular complexity index is 1510. The number of rotatable bonds is 10. The molecule has 0 spiro atoms. The zero-order chi connectivity index (χ0) is 25.6. The van der Waals surface area contributed by atoms with E-state index in [1.165, 1.54) is 5.56 Å². The Morgan fingerprint density at radius 2 is 1.84 bits per heavy atom. The fraction of sp³-hybridized carbons (Fsp3) is 0.276.